The van der Waals surface area contributed by atoms with Crippen LogP contribution in [-0.2, 0) is 4.74 Å². The molecule has 3 rings (SSSR count). The Labute approximate surface area is 178 Å². The van der Waals surface area contributed by atoms with Crippen molar-refractivity contribution >= 4 is 40.5 Å². The van der Waals surface area contributed by atoms with E-state index >= 15 is 0 Å². The highest BCUT2D eigenvalue weighted by Crippen LogP contribution is 2.33. The number of aromatic nitrogens is 4. The molecule has 0 aliphatic carbocycles. The van der Waals surface area contributed by atoms with Gasteiger partial charge >= 0.3 is 6.18 Å². The minimum absolute atomic E-state index is 0.117. The first-order valence-corrected chi connectivity index (χ1v) is 11.4. The molecule has 0 aromatic carbocycles. The maximum atomic E-state index is 12.5. The average Bonchev–Trinajstić information content (AvgIpc) is 3.22. The highest BCUT2D eigenvalue weighted by Gasteiger charge is 2.44. The molecule has 1 aliphatic rings. The number of aliphatic hydroxyl groups is 3. The van der Waals surface area contributed by atoms with Crippen molar-refractivity contribution in [1.29, 1.82) is 0 Å². The van der Waals surface area contributed by atoms with E-state index in [0.29, 0.717) is 17.9 Å². The summed E-state index contributed by atoms with van der Waals surface area (Å²) in [5, 5.41) is 32.8. The molecule has 14 heteroatoms. The molecule has 4 atom stereocenters. The molecule has 9 nitrogen and oxygen atoms in total. The van der Waals surface area contributed by atoms with E-state index in [9.17, 15) is 28.5 Å². The molecule has 1 aliphatic heterocycles. The number of alkyl halides is 3. The molecule has 0 radical (unpaired) electrons. The van der Waals surface area contributed by atoms with Crippen LogP contribution >= 0.6 is 23.5 Å². The minimum Gasteiger partial charge on any atom is -0.394 e. The Morgan fingerprint density at radius 2 is 2.00 bits per heavy atom. The molecule has 2 aromatic rings. The van der Waals surface area contributed by atoms with Crippen molar-refractivity contribution in [2.45, 2.75) is 42.3 Å². The van der Waals surface area contributed by atoms with Gasteiger partial charge in [-0.1, -0.05) is 11.8 Å². The second-order valence-corrected chi connectivity index (χ2v) is 8.59. The minimum atomic E-state index is -4.28. The molecule has 0 bridgehead atoms. The first-order valence-electron chi connectivity index (χ1n) is 9.04. The summed E-state index contributed by atoms with van der Waals surface area (Å²) in [5.74, 6) is 0.882. The Bertz CT molecular complexity index is 856. The van der Waals surface area contributed by atoms with Gasteiger partial charge in [-0.25, -0.2) is 15.0 Å². The van der Waals surface area contributed by atoms with Gasteiger partial charge in [-0.3, -0.25) is 4.57 Å². The molecule has 1 unspecified atom stereocenters. The SMILES string of the molecule is CSCCNc1nc(SCCC(F)(F)F)nc2c1ncn2[C@@H]1O[C@H](CO)C(O)[C@@H]1O. The Morgan fingerprint density at radius 1 is 1.23 bits per heavy atom. The normalized spacial score (nSPS) is 24.6. The van der Waals surface area contributed by atoms with Crippen LogP contribution < -0.4 is 5.32 Å². The van der Waals surface area contributed by atoms with Crippen molar-refractivity contribution in [3.63, 3.8) is 0 Å². The van der Waals surface area contributed by atoms with E-state index in [0.717, 1.165) is 17.5 Å². The van der Waals surface area contributed by atoms with Gasteiger partial charge in [-0.05, 0) is 6.26 Å². The van der Waals surface area contributed by atoms with Crippen LogP contribution in [0.2, 0.25) is 0 Å². The van der Waals surface area contributed by atoms with Gasteiger partial charge in [0.25, 0.3) is 0 Å². The number of anilines is 1. The van der Waals surface area contributed by atoms with E-state index in [-0.39, 0.29) is 16.6 Å². The molecule has 2 aromatic heterocycles. The van der Waals surface area contributed by atoms with Crippen molar-refractivity contribution in [3.05, 3.63) is 6.33 Å². The Hall–Kier alpha value is -1.32. The lowest BCUT2D eigenvalue weighted by Crippen LogP contribution is -2.33. The molecule has 0 saturated carbocycles. The lowest BCUT2D eigenvalue weighted by atomic mass is 10.1. The quantitative estimate of drug-likeness (QED) is 0.242. The molecule has 1 fully saturated rings. The zero-order valence-corrected chi connectivity index (χ0v) is 17.5. The fourth-order valence-electron chi connectivity index (χ4n) is 2.91. The van der Waals surface area contributed by atoms with Crippen molar-refractivity contribution in [1.82, 2.24) is 19.5 Å². The summed E-state index contributed by atoms with van der Waals surface area (Å²) < 4.78 is 44.4. The van der Waals surface area contributed by atoms with E-state index in [1.165, 1.54) is 10.9 Å². The number of nitrogens with zero attached hydrogens (tertiary/aromatic N) is 4. The van der Waals surface area contributed by atoms with Crippen molar-refractivity contribution in [2.24, 2.45) is 0 Å². The third kappa shape index (κ3) is 5.29. The molecule has 30 heavy (non-hydrogen) atoms. The lowest BCUT2D eigenvalue weighted by molar-refractivity contribution is -0.129. The Balaban J connectivity index is 1.93. The van der Waals surface area contributed by atoms with Gasteiger partial charge in [0, 0.05) is 18.1 Å². The number of imidazole rings is 1. The molecular weight excluding hydrogens is 447 g/mol. The van der Waals surface area contributed by atoms with Crippen LogP contribution in [0.15, 0.2) is 11.5 Å². The van der Waals surface area contributed by atoms with Crippen LogP contribution in [0.25, 0.3) is 11.2 Å². The van der Waals surface area contributed by atoms with Gasteiger partial charge < -0.3 is 25.4 Å². The largest absolute Gasteiger partial charge is 0.394 e. The van der Waals surface area contributed by atoms with E-state index in [4.69, 9.17) is 4.74 Å². The van der Waals surface area contributed by atoms with Gasteiger partial charge in [-0.15, -0.1) is 0 Å². The first-order chi connectivity index (χ1) is 14.2. The second-order valence-electron chi connectivity index (χ2n) is 6.54. The van der Waals surface area contributed by atoms with Gasteiger partial charge in [0.2, 0.25) is 0 Å². The van der Waals surface area contributed by atoms with Crippen LogP contribution in [-0.4, -0.2) is 90.2 Å². The van der Waals surface area contributed by atoms with Gasteiger partial charge in [-0.2, -0.15) is 24.9 Å². The van der Waals surface area contributed by atoms with Crippen molar-refractivity contribution < 1.29 is 33.2 Å². The first kappa shape index (κ1) is 23.3. The number of rotatable bonds is 9. The maximum absolute atomic E-state index is 12.5. The average molecular weight is 470 g/mol. The van der Waals surface area contributed by atoms with Crippen LogP contribution in [0, 0.1) is 0 Å². The summed E-state index contributed by atoms with van der Waals surface area (Å²) in [6, 6.07) is 0. The van der Waals surface area contributed by atoms with Gasteiger partial charge in [0.1, 0.15) is 18.3 Å². The van der Waals surface area contributed by atoms with E-state index in [2.05, 4.69) is 20.3 Å². The monoisotopic (exact) mass is 469 g/mol. The fourth-order valence-corrected chi connectivity index (χ4v) is 4.04. The van der Waals surface area contributed by atoms with Gasteiger partial charge in [0.15, 0.2) is 28.4 Å². The number of hydrogen-bond acceptors (Lipinski definition) is 10. The summed E-state index contributed by atoms with van der Waals surface area (Å²) in [6.45, 7) is 0.0665. The number of aliphatic hydroxyl groups excluding tert-OH is 3. The van der Waals surface area contributed by atoms with Crippen LogP contribution in [0.4, 0.5) is 19.0 Å². The number of hydrogen-bond donors (Lipinski definition) is 4. The third-order valence-corrected chi connectivity index (χ3v) is 5.87. The summed E-state index contributed by atoms with van der Waals surface area (Å²) >= 11 is 2.46. The van der Waals surface area contributed by atoms with E-state index in [1.54, 1.807) is 11.8 Å². The predicted octanol–water partition coefficient (Wildman–Crippen LogP) is 1.26. The molecule has 3 heterocycles. The zero-order valence-electron chi connectivity index (χ0n) is 15.9. The predicted molar refractivity (Wildman–Crippen MR) is 107 cm³/mol. The second kappa shape index (κ2) is 9.87. The molecular formula is C16H22F3N5O4S2. The summed E-state index contributed by atoms with van der Waals surface area (Å²) in [5.41, 5.74) is 0.593. The molecule has 4 N–H and O–H groups in total. The molecule has 0 spiro atoms. The smallest absolute Gasteiger partial charge is 0.389 e. The zero-order chi connectivity index (χ0) is 21.9. The molecule has 168 valence electrons. The third-order valence-electron chi connectivity index (χ3n) is 4.41. The Kier molecular flexibility index (Phi) is 7.68. The number of thioether (sulfide) groups is 2. The topological polar surface area (TPSA) is 126 Å². The summed E-state index contributed by atoms with van der Waals surface area (Å²) in [4.78, 5) is 12.9. The fraction of sp³-hybridized carbons (Fsp3) is 0.688. The van der Waals surface area contributed by atoms with Crippen LogP contribution in [0.3, 0.4) is 0 Å². The van der Waals surface area contributed by atoms with Gasteiger partial charge in [0.05, 0.1) is 19.4 Å². The number of halogens is 3. The van der Waals surface area contributed by atoms with Crippen LogP contribution in [0.1, 0.15) is 12.6 Å². The number of nitrogens with one attached hydrogen (secondary N) is 1. The summed E-state index contributed by atoms with van der Waals surface area (Å²) in [7, 11) is 0. The van der Waals surface area contributed by atoms with E-state index < -0.39 is 43.7 Å². The molecule has 0 amide bonds. The summed E-state index contributed by atoms with van der Waals surface area (Å²) in [6.07, 6.45) is -6.68. The maximum Gasteiger partial charge on any atom is 0.389 e. The van der Waals surface area contributed by atoms with Crippen LogP contribution in [0.5, 0.6) is 0 Å². The highest BCUT2D eigenvalue weighted by molar-refractivity contribution is 7.99. The van der Waals surface area contributed by atoms with Crippen molar-refractivity contribution in [2.75, 3.05) is 36.2 Å². The van der Waals surface area contributed by atoms with Crippen molar-refractivity contribution in [3.8, 4) is 0 Å². The highest BCUT2D eigenvalue weighted by atomic mass is 32.2. The Morgan fingerprint density at radius 3 is 2.63 bits per heavy atom. The lowest BCUT2D eigenvalue weighted by Gasteiger charge is -2.17. The molecule has 1 saturated heterocycles. The standard InChI is InChI=1S/C16H22F3N5O4S2/c1-29-5-3-20-12-9-13(23-15(22-12)30-4-2-16(17,18)19)24(7-21-9)14-11(27)10(26)8(6-25)28-14/h7-8,10-11,14,25-27H,2-6H2,1H3,(H,20,22,23)/t8-,10?,11+,14-/m1/s1. The number of fused-ring (bicyclic) bond motifs is 1. The number of ether oxygens (including phenoxy) is 1. The van der Waals surface area contributed by atoms with E-state index in [1.807, 2.05) is 6.26 Å².